The van der Waals surface area contributed by atoms with Gasteiger partial charge in [-0.05, 0) is 43.7 Å². The normalized spacial score (nSPS) is 24.6. The molecular formula is C15H23NO. The molecule has 2 N–H and O–H groups in total. The highest BCUT2D eigenvalue weighted by Crippen LogP contribution is 2.33. The number of nitrogen functional groups attached to an aromatic ring is 1. The summed E-state index contributed by atoms with van der Waals surface area (Å²) in [5, 5.41) is 0. The van der Waals surface area contributed by atoms with Gasteiger partial charge in [0.15, 0.2) is 0 Å². The van der Waals surface area contributed by atoms with Crippen molar-refractivity contribution in [3.8, 4) is 5.75 Å². The molecule has 0 spiro atoms. The maximum atomic E-state index is 6.12. The maximum Gasteiger partial charge on any atom is 0.145 e. The molecule has 2 nitrogen and oxygen atoms in total. The van der Waals surface area contributed by atoms with Crippen LogP contribution < -0.4 is 10.5 Å². The van der Waals surface area contributed by atoms with E-state index in [1.54, 1.807) is 0 Å². The molecule has 1 saturated carbocycles. The van der Waals surface area contributed by atoms with E-state index in [1.165, 1.54) is 32.1 Å². The highest BCUT2D eigenvalue weighted by molar-refractivity contribution is 5.56. The minimum absolute atomic E-state index is 0.358. The molecule has 2 unspecified atom stereocenters. The van der Waals surface area contributed by atoms with E-state index in [1.807, 2.05) is 12.1 Å². The van der Waals surface area contributed by atoms with Crippen molar-refractivity contribution in [2.45, 2.75) is 52.1 Å². The molecule has 0 aromatic heterocycles. The molecular weight excluding hydrogens is 210 g/mol. The lowest BCUT2D eigenvalue weighted by atomic mass is 9.85. The van der Waals surface area contributed by atoms with E-state index in [0.717, 1.165) is 22.9 Å². The van der Waals surface area contributed by atoms with Gasteiger partial charge >= 0.3 is 0 Å². The van der Waals surface area contributed by atoms with Crippen molar-refractivity contribution in [3.63, 3.8) is 0 Å². The lowest BCUT2D eigenvalue weighted by Crippen LogP contribution is -2.25. The van der Waals surface area contributed by atoms with Crippen molar-refractivity contribution < 1.29 is 4.74 Å². The Kier molecular flexibility index (Phi) is 3.93. The smallest absolute Gasteiger partial charge is 0.145 e. The predicted molar refractivity (Wildman–Crippen MR) is 72.3 cm³/mol. The van der Waals surface area contributed by atoms with Gasteiger partial charge in [0.25, 0.3) is 0 Å². The molecule has 1 aliphatic rings. The first-order valence-electron chi connectivity index (χ1n) is 6.72. The van der Waals surface area contributed by atoms with Gasteiger partial charge in [0.05, 0.1) is 11.8 Å². The zero-order valence-electron chi connectivity index (χ0n) is 10.9. The van der Waals surface area contributed by atoms with E-state index in [0.29, 0.717) is 6.10 Å². The van der Waals surface area contributed by atoms with E-state index < -0.39 is 0 Å². The van der Waals surface area contributed by atoms with Gasteiger partial charge < -0.3 is 10.5 Å². The Morgan fingerprint density at radius 2 is 2.18 bits per heavy atom. The van der Waals surface area contributed by atoms with Crippen LogP contribution in [0.5, 0.6) is 5.75 Å². The van der Waals surface area contributed by atoms with Crippen LogP contribution in [-0.4, -0.2) is 6.10 Å². The number of para-hydroxylation sites is 1. The van der Waals surface area contributed by atoms with Crippen molar-refractivity contribution in [3.05, 3.63) is 23.8 Å². The molecule has 1 aromatic rings. The molecule has 0 bridgehead atoms. The Morgan fingerprint density at radius 1 is 1.35 bits per heavy atom. The zero-order valence-corrected chi connectivity index (χ0v) is 10.9. The van der Waals surface area contributed by atoms with Gasteiger partial charge in [-0.1, -0.05) is 31.9 Å². The van der Waals surface area contributed by atoms with Crippen molar-refractivity contribution in [2.24, 2.45) is 5.92 Å². The van der Waals surface area contributed by atoms with Gasteiger partial charge in [-0.25, -0.2) is 0 Å². The number of hydrogen-bond acceptors (Lipinski definition) is 2. The minimum Gasteiger partial charge on any atom is -0.488 e. The molecule has 94 valence electrons. The molecule has 2 atom stereocenters. The van der Waals surface area contributed by atoms with E-state index in [-0.39, 0.29) is 0 Å². The monoisotopic (exact) mass is 233 g/mol. The first kappa shape index (κ1) is 12.3. The van der Waals surface area contributed by atoms with Crippen molar-refractivity contribution >= 4 is 5.69 Å². The summed E-state index contributed by atoms with van der Waals surface area (Å²) in [6.45, 7) is 4.33. The minimum atomic E-state index is 0.358. The first-order valence-corrected chi connectivity index (χ1v) is 6.72. The Bertz CT molecular complexity index is 355. The van der Waals surface area contributed by atoms with Gasteiger partial charge in [-0.15, -0.1) is 0 Å². The van der Waals surface area contributed by atoms with Crippen LogP contribution in [0.2, 0.25) is 0 Å². The molecule has 0 saturated heterocycles. The van der Waals surface area contributed by atoms with Gasteiger partial charge in [0.1, 0.15) is 5.75 Å². The number of rotatable bonds is 3. The molecule has 1 fully saturated rings. The van der Waals surface area contributed by atoms with E-state index in [2.05, 4.69) is 19.9 Å². The molecule has 2 rings (SSSR count). The fraction of sp³-hybridized carbons (Fsp3) is 0.600. The van der Waals surface area contributed by atoms with Crippen molar-refractivity contribution in [1.82, 2.24) is 0 Å². The molecule has 0 amide bonds. The van der Waals surface area contributed by atoms with E-state index in [4.69, 9.17) is 10.5 Å². The second-order valence-corrected chi connectivity index (χ2v) is 5.17. The Morgan fingerprint density at radius 3 is 2.88 bits per heavy atom. The summed E-state index contributed by atoms with van der Waals surface area (Å²) in [5.74, 6) is 1.73. The molecule has 1 aromatic carbocycles. The number of aryl methyl sites for hydroxylation is 1. The average molecular weight is 233 g/mol. The number of anilines is 1. The van der Waals surface area contributed by atoms with Crippen molar-refractivity contribution in [2.75, 3.05) is 5.73 Å². The fourth-order valence-corrected chi connectivity index (χ4v) is 2.72. The topological polar surface area (TPSA) is 35.2 Å². The summed E-state index contributed by atoms with van der Waals surface area (Å²) in [5.41, 5.74) is 7.89. The zero-order chi connectivity index (χ0) is 12.3. The largest absolute Gasteiger partial charge is 0.488 e. The summed E-state index contributed by atoms with van der Waals surface area (Å²) >= 11 is 0. The van der Waals surface area contributed by atoms with E-state index >= 15 is 0 Å². The summed E-state index contributed by atoms with van der Waals surface area (Å²) in [4.78, 5) is 0. The SMILES string of the molecule is CCC1CCCC(Oc2c(C)cccc2N)C1. The fourth-order valence-electron chi connectivity index (χ4n) is 2.72. The van der Waals surface area contributed by atoms with Crippen LogP contribution >= 0.6 is 0 Å². The predicted octanol–water partition coefficient (Wildman–Crippen LogP) is 3.92. The van der Waals surface area contributed by atoms with Gasteiger partial charge in [0, 0.05) is 0 Å². The average Bonchev–Trinajstić information content (AvgIpc) is 2.34. The van der Waals surface area contributed by atoms with Crippen LogP contribution in [0.1, 0.15) is 44.6 Å². The number of benzene rings is 1. The summed E-state index contributed by atoms with van der Waals surface area (Å²) < 4.78 is 6.12. The number of nitrogens with two attached hydrogens (primary N) is 1. The third kappa shape index (κ3) is 2.93. The lowest BCUT2D eigenvalue weighted by molar-refractivity contribution is 0.122. The van der Waals surface area contributed by atoms with Gasteiger partial charge in [0.2, 0.25) is 0 Å². The highest BCUT2D eigenvalue weighted by Gasteiger charge is 2.23. The lowest BCUT2D eigenvalue weighted by Gasteiger charge is -2.29. The Hall–Kier alpha value is -1.18. The highest BCUT2D eigenvalue weighted by atomic mass is 16.5. The molecule has 17 heavy (non-hydrogen) atoms. The van der Waals surface area contributed by atoms with E-state index in [9.17, 15) is 0 Å². The second-order valence-electron chi connectivity index (χ2n) is 5.17. The maximum absolute atomic E-state index is 6.12. The summed E-state index contributed by atoms with van der Waals surface area (Å²) in [7, 11) is 0. The quantitative estimate of drug-likeness (QED) is 0.803. The Labute approximate surface area is 104 Å². The molecule has 0 radical (unpaired) electrons. The molecule has 0 heterocycles. The van der Waals surface area contributed by atoms with Crippen LogP contribution in [0.25, 0.3) is 0 Å². The van der Waals surface area contributed by atoms with Crippen molar-refractivity contribution in [1.29, 1.82) is 0 Å². The first-order chi connectivity index (χ1) is 8.20. The Balaban J connectivity index is 2.05. The standard InChI is InChI=1S/C15H23NO/c1-3-12-7-5-8-13(10-12)17-15-11(2)6-4-9-14(15)16/h4,6,9,12-13H,3,5,7-8,10,16H2,1-2H3. The molecule has 1 aliphatic carbocycles. The van der Waals surface area contributed by atoms with Crippen LogP contribution in [-0.2, 0) is 0 Å². The summed E-state index contributed by atoms with van der Waals surface area (Å²) in [6, 6.07) is 5.96. The van der Waals surface area contributed by atoms with Crippen LogP contribution in [0.4, 0.5) is 5.69 Å². The van der Waals surface area contributed by atoms with Crippen LogP contribution in [0.15, 0.2) is 18.2 Å². The van der Waals surface area contributed by atoms with Gasteiger partial charge in [-0.3, -0.25) is 0 Å². The van der Waals surface area contributed by atoms with Crippen LogP contribution in [0, 0.1) is 12.8 Å². The summed E-state index contributed by atoms with van der Waals surface area (Å²) in [6.07, 6.45) is 6.63. The van der Waals surface area contributed by atoms with Gasteiger partial charge in [-0.2, -0.15) is 0 Å². The number of ether oxygens (including phenoxy) is 1. The van der Waals surface area contributed by atoms with Crippen LogP contribution in [0.3, 0.4) is 0 Å². The third-order valence-electron chi connectivity index (χ3n) is 3.84. The number of hydrogen-bond donors (Lipinski definition) is 1. The molecule has 2 heteroatoms. The second kappa shape index (κ2) is 5.44. The molecule has 0 aliphatic heterocycles. The third-order valence-corrected chi connectivity index (χ3v) is 3.84.